The average Bonchev–Trinajstić information content (AvgIpc) is 2.67. The first-order chi connectivity index (χ1) is 13.4. The van der Waals surface area contributed by atoms with Gasteiger partial charge in [0.15, 0.2) is 0 Å². The number of halogens is 2. The van der Waals surface area contributed by atoms with Crippen molar-refractivity contribution in [1.29, 1.82) is 0 Å². The van der Waals surface area contributed by atoms with E-state index >= 15 is 0 Å². The monoisotopic (exact) mass is 387 g/mol. The van der Waals surface area contributed by atoms with Crippen LogP contribution in [0.3, 0.4) is 0 Å². The Balaban J connectivity index is 1.67. The van der Waals surface area contributed by atoms with Gasteiger partial charge in [-0.1, -0.05) is 29.8 Å². The number of nitrogens with zero attached hydrogens (tertiary/aromatic N) is 2. The minimum Gasteiger partial charge on any atom is -0.326 e. The summed E-state index contributed by atoms with van der Waals surface area (Å²) in [5.74, 6) is -1.21. The van der Waals surface area contributed by atoms with Crippen LogP contribution in [0.15, 0.2) is 42.5 Å². The van der Waals surface area contributed by atoms with Gasteiger partial charge < -0.3 is 15.1 Å². The number of rotatable bonds is 4. The second-order valence-electron chi connectivity index (χ2n) is 7.04. The molecule has 1 aliphatic rings. The summed E-state index contributed by atoms with van der Waals surface area (Å²) in [6.45, 7) is 2.33. The number of carbonyl (C=O) groups excluding carboxylic acids is 2. The number of nitrogens with one attached hydrogen (secondary N) is 1. The van der Waals surface area contributed by atoms with Crippen molar-refractivity contribution in [2.24, 2.45) is 0 Å². The fourth-order valence-electron chi connectivity index (χ4n) is 3.33. The van der Waals surface area contributed by atoms with E-state index in [9.17, 15) is 18.4 Å². The Kier molecular flexibility index (Phi) is 5.92. The summed E-state index contributed by atoms with van der Waals surface area (Å²) >= 11 is 0. The molecule has 0 aromatic heterocycles. The highest BCUT2D eigenvalue weighted by atomic mass is 19.1. The molecule has 0 saturated carbocycles. The van der Waals surface area contributed by atoms with Crippen LogP contribution in [0.1, 0.15) is 24.0 Å². The third kappa shape index (κ3) is 4.30. The zero-order valence-corrected chi connectivity index (χ0v) is 15.9. The maximum atomic E-state index is 14.1. The molecule has 2 aromatic rings. The highest BCUT2D eigenvalue weighted by molar-refractivity contribution is 5.99. The summed E-state index contributed by atoms with van der Waals surface area (Å²) in [5, 5.41) is 2.69. The van der Waals surface area contributed by atoms with E-state index in [-0.39, 0.29) is 24.0 Å². The van der Waals surface area contributed by atoms with Crippen LogP contribution in [0, 0.1) is 18.6 Å². The van der Waals surface area contributed by atoms with Gasteiger partial charge in [0.25, 0.3) is 0 Å². The number of para-hydroxylation sites is 1. The lowest BCUT2D eigenvalue weighted by Crippen LogP contribution is -2.54. The van der Waals surface area contributed by atoms with Gasteiger partial charge in [-0.05, 0) is 38.0 Å². The topological polar surface area (TPSA) is 52.7 Å². The number of piperidine rings is 1. The van der Waals surface area contributed by atoms with Crippen molar-refractivity contribution in [2.45, 2.75) is 32.4 Å². The lowest BCUT2D eigenvalue weighted by atomic mass is 10.0. The van der Waals surface area contributed by atoms with Gasteiger partial charge >= 0.3 is 6.03 Å². The molecule has 28 heavy (non-hydrogen) atoms. The predicted molar refractivity (Wildman–Crippen MR) is 103 cm³/mol. The molecule has 0 radical (unpaired) electrons. The van der Waals surface area contributed by atoms with Gasteiger partial charge in [-0.25, -0.2) is 13.6 Å². The van der Waals surface area contributed by atoms with Crippen molar-refractivity contribution in [3.63, 3.8) is 0 Å². The molecule has 2 aromatic carbocycles. The summed E-state index contributed by atoms with van der Waals surface area (Å²) in [7, 11) is 1.54. The predicted octanol–water partition coefficient (Wildman–Crippen LogP) is 3.61. The Morgan fingerprint density at radius 1 is 1.21 bits per heavy atom. The highest BCUT2D eigenvalue weighted by Crippen LogP contribution is 2.24. The Morgan fingerprint density at radius 3 is 2.71 bits per heavy atom. The van der Waals surface area contributed by atoms with Crippen LogP contribution in [0.5, 0.6) is 0 Å². The summed E-state index contributed by atoms with van der Waals surface area (Å²) in [4.78, 5) is 28.0. The quantitative estimate of drug-likeness (QED) is 0.871. The van der Waals surface area contributed by atoms with Crippen LogP contribution in [0.25, 0.3) is 0 Å². The average molecular weight is 387 g/mol. The summed E-state index contributed by atoms with van der Waals surface area (Å²) in [6.07, 6.45) is 1.11. The smallest absolute Gasteiger partial charge is 0.318 e. The number of urea groups is 1. The molecule has 1 fully saturated rings. The SMILES string of the molecule is Cc1ccc(F)c(CN(C)C(=O)NC2CCCN(c3ccccc3F)C2=O)c1. The lowest BCUT2D eigenvalue weighted by Gasteiger charge is -2.33. The first-order valence-electron chi connectivity index (χ1n) is 9.19. The van der Waals surface area contributed by atoms with Crippen molar-refractivity contribution in [3.8, 4) is 0 Å². The molecule has 1 heterocycles. The molecule has 0 spiro atoms. The Labute approximate surface area is 162 Å². The van der Waals surface area contributed by atoms with Crippen molar-refractivity contribution < 1.29 is 18.4 Å². The van der Waals surface area contributed by atoms with E-state index in [1.54, 1.807) is 37.4 Å². The van der Waals surface area contributed by atoms with E-state index in [1.807, 2.05) is 6.92 Å². The van der Waals surface area contributed by atoms with Crippen molar-refractivity contribution in [2.75, 3.05) is 18.5 Å². The number of carbonyl (C=O) groups is 2. The molecular weight excluding hydrogens is 364 g/mol. The van der Waals surface area contributed by atoms with Gasteiger partial charge in [-0.15, -0.1) is 0 Å². The number of anilines is 1. The van der Waals surface area contributed by atoms with E-state index in [0.29, 0.717) is 24.9 Å². The Hall–Kier alpha value is -2.96. The first-order valence-corrected chi connectivity index (χ1v) is 9.19. The summed E-state index contributed by atoms with van der Waals surface area (Å²) in [6, 6.07) is 9.57. The fourth-order valence-corrected chi connectivity index (χ4v) is 3.33. The van der Waals surface area contributed by atoms with Crippen LogP contribution in [-0.2, 0) is 11.3 Å². The maximum Gasteiger partial charge on any atom is 0.318 e. The van der Waals surface area contributed by atoms with E-state index in [0.717, 1.165) is 5.56 Å². The van der Waals surface area contributed by atoms with Crippen LogP contribution in [0.2, 0.25) is 0 Å². The van der Waals surface area contributed by atoms with Gasteiger partial charge in [0.2, 0.25) is 5.91 Å². The molecule has 7 heteroatoms. The zero-order valence-electron chi connectivity index (χ0n) is 15.9. The van der Waals surface area contributed by atoms with Crippen LogP contribution < -0.4 is 10.2 Å². The second kappa shape index (κ2) is 8.37. The molecule has 0 aliphatic carbocycles. The third-order valence-electron chi connectivity index (χ3n) is 4.84. The second-order valence-corrected chi connectivity index (χ2v) is 7.04. The molecule has 1 unspecified atom stereocenters. The van der Waals surface area contributed by atoms with Gasteiger partial charge in [0.1, 0.15) is 17.7 Å². The summed E-state index contributed by atoms with van der Waals surface area (Å²) < 4.78 is 28.0. The Morgan fingerprint density at radius 2 is 1.96 bits per heavy atom. The van der Waals surface area contributed by atoms with Gasteiger partial charge in [0, 0.05) is 25.7 Å². The third-order valence-corrected chi connectivity index (χ3v) is 4.84. The molecule has 0 bridgehead atoms. The molecule has 1 saturated heterocycles. The molecule has 3 amide bonds. The van der Waals surface area contributed by atoms with E-state index in [4.69, 9.17) is 0 Å². The van der Waals surface area contributed by atoms with E-state index in [1.165, 1.54) is 21.9 Å². The molecule has 1 atom stereocenters. The summed E-state index contributed by atoms with van der Waals surface area (Å²) in [5.41, 5.74) is 1.51. The maximum absolute atomic E-state index is 14.1. The largest absolute Gasteiger partial charge is 0.326 e. The van der Waals surface area contributed by atoms with Crippen molar-refractivity contribution >= 4 is 17.6 Å². The number of amides is 3. The number of hydrogen-bond donors (Lipinski definition) is 1. The molecule has 1 N–H and O–H groups in total. The van der Waals surface area contributed by atoms with E-state index in [2.05, 4.69) is 5.32 Å². The van der Waals surface area contributed by atoms with Crippen LogP contribution in [-0.4, -0.2) is 36.5 Å². The normalized spacial score (nSPS) is 16.8. The highest BCUT2D eigenvalue weighted by Gasteiger charge is 2.32. The standard InChI is InChI=1S/C21H23F2N3O2/c1-14-9-10-16(22)15(12-14)13-25(2)21(28)24-18-7-5-11-26(20(18)27)19-8-4-3-6-17(19)23/h3-4,6,8-10,12,18H,5,7,11,13H2,1-2H3,(H,24,28). The van der Waals surface area contributed by atoms with Gasteiger partial charge in [-0.3, -0.25) is 4.79 Å². The molecular formula is C21H23F2N3O2. The van der Waals surface area contributed by atoms with Crippen LogP contribution in [0.4, 0.5) is 19.3 Å². The minimum absolute atomic E-state index is 0.0806. The fraction of sp³-hybridized carbons (Fsp3) is 0.333. The van der Waals surface area contributed by atoms with Crippen LogP contribution >= 0.6 is 0 Å². The van der Waals surface area contributed by atoms with Crippen molar-refractivity contribution in [1.82, 2.24) is 10.2 Å². The van der Waals surface area contributed by atoms with Gasteiger partial charge in [0.05, 0.1) is 5.69 Å². The lowest BCUT2D eigenvalue weighted by molar-refractivity contribution is -0.121. The van der Waals surface area contributed by atoms with E-state index < -0.39 is 17.9 Å². The molecule has 148 valence electrons. The number of benzene rings is 2. The first kappa shape index (κ1) is 19.8. The number of aryl methyl sites for hydroxylation is 1. The van der Waals surface area contributed by atoms with Gasteiger partial charge in [-0.2, -0.15) is 0 Å². The molecule has 5 nitrogen and oxygen atoms in total. The Bertz CT molecular complexity index is 888. The molecule has 1 aliphatic heterocycles. The number of hydrogen-bond acceptors (Lipinski definition) is 2. The van der Waals surface area contributed by atoms with Crippen molar-refractivity contribution in [3.05, 3.63) is 65.2 Å². The zero-order chi connectivity index (χ0) is 20.3. The molecule has 3 rings (SSSR count). The minimum atomic E-state index is -0.745.